The average Bonchev–Trinajstić information content (AvgIpc) is 3.14. The molecule has 1 aromatic heterocycles. The van der Waals surface area contributed by atoms with Gasteiger partial charge in [-0.25, -0.2) is 9.97 Å². The van der Waals surface area contributed by atoms with Crippen LogP contribution in [0.4, 0.5) is 5.82 Å². The minimum Gasteiger partial charge on any atom is -0.357 e. The maximum absolute atomic E-state index is 4.39. The van der Waals surface area contributed by atoms with Crippen molar-refractivity contribution in [1.29, 1.82) is 0 Å². The normalized spacial score (nSPS) is 21.7. The molecule has 1 aliphatic heterocycles. The summed E-state index contributed by atoms with van der Waals surface area (Å²) in [5, 5.41) is 0. The molecule has 0 amide bonds. The van der Waals surface area contributed by atoms with Crippen molar-refractivity contribution >= 4 is 5.82 Å². The van der Waals surface area contributed by atoms with Gasteiger partial charge in [0.25, 0.3) is 0 Å². The van der Waals surface area contributed by atoms with Gasteiger partial charge in [-0.15, -0.1) is 0 Å². The van der Waals surface area contributed by atoms with E-state index in [1.165, 1.54) is 50.9 Å². The molecule has 80 valence electrons. The minimum atomic E-state index is 0.733. The Morgan fingerprint density at radius 1 is 1.07 bits per heavy atom. The molecule has 0 unspecified atom stereocenters. The van der Waals surface area contributed by atoms with Crippen molar-refractivity contribution in [1.82, 2.24) is 9.97 Å². The molecule has 2 heterocycles. The highest BCUT2D eigenvalue weighted by Crippen LogP contribution is 2.39. The van der Waals surface area contributed by atoms with Crippen LogP contribution >= 0.6 is 0 Å². The van der Waals surface area contributed by atoms with E-state index in [0.717, 1.165) is 11.7 Å². The second-order valence-electron chi connectivity index (χ2n) is 4.62. The summed E-state index contributed by atoms with van der Waals surface area (Å²) in [4.78, 5) is 11.1. The molecule has 0 aromatic carbocycles. The van der Waals surface area contributed by atoms with Crippen LogP contribution < -0.4 is 4.90 Å². The van der Waals surface area contributed by atoms with E-state index in [0.29, 0.717) is 0 Å². The highest BCUT2D eigenvalue weighted by atomic mass is 15.2. The van der Waals surface area contributed by atoms with Gasteiger partial charge < -0.3 is 4.90 Å². The molecule has 3 heteroatoms. The Labute approximate surface area is 90.5 Å². The standard InChI is InChI=1S/C12H17N3/c1-2-6-15(7-3-1)12-8-11(10-4-5-10)13-9-14-12/h8-10H,1-7H2. The Morgan fingerprint density at radius 3 is 2.60 bits per heavy atom. The lowest BCUT2D eigenvalue weighted by Crippen LogP contribution is -2.30. The fraction of sp³-hybridized carbons (Fsp3) is 0.667. The van der Waals surface area contributed by atoms with Gasteiger partial charge in [-0.3, -0.25) is 0 Å². The molecule has 15 heavy (non-hydrogen) atoms. The largest absolute Gasteiger partial charge is 0.357 e. The van der Waals surface area contributed by atoms with Crippen molar-refractivity contribution in [3.05, 3.63) is 18.1 Å². The average molecular weight is 203 g/mol. The van der Waals surface area contributed by atoms with Crippen LogP contribution in [-0.2, 0) is 0 Å². The zero-order chi connectivity index (χ0) is 10.1. The predicted molar refractivity (Wildman–Crippen MR) is 60.1 cm³/mol. The highest BCUT2D eigenvalue weighted by molar-refractivity contribution is 5.40. The summed E-state index contributed by atoms with van der Waals surface area (Å²) in [5.74, 6) is 1.88. The smallest absolute Gasteiger partial charge is 0.132 e. The van der Waals surface area contributed by atoms with Gasteiger partial charge in [-0.1, -0.05) is 0 Å². The SMILES string of the molecule is c1nc(C2CC2)cc(N2CCCCC2)n1. The molecule has 3 rings (SSSR count). The first kappa shape index (κ1) is 9.13. The summed E-state index contributed by atoms with van der Waals surface area (Å²) in [6.07, 6.45) is 8.35. The predicted octanol–water partition coefficient (Wildman–Crippen LogP) is 2.34. The van der Waals surface area contributed by atoms with Gasteiger partial charge >= 0.3 is 0 Å². The fourth-order valence-corrected chi connectivity index (χ4v) is 2.26. The maximum Gasteiger partial charge on any atom is 0.132 e. The van der Waals surface area contributed by atoms with Crippen LogP contribution in [-0.4, -0.2) is 23.1 Å². The molecule has 0 atom stereocenters. The molecular formula is C12H17N3. The van der Waals surface area contributed by atoms with Crippen molar-refractivity contribution in [2.24, 2.45) is 0 Å². The number of nitrogens with zero attached hydrogens (tertiary/aromatic N) is 3. The highest BCUT2D eigenvalue weighted by Gasteiger charge is 2.25. The molecular weight excluding hydrogens is 186 g/mol. The van der Waals surface area contributed by atoms with Gasteiger partial charge in [0.2, 0.25) is 0 Å². The van der Waals surface area contributed by atoms with Crippen LogP contribution in [0.3, 0.4) is 0 Å². The van der Waals surface area contributed by atoms with E-state index >= 15 is 0 Å². The van der Waals surface area contributed by atoms with Gasteiger partial charge in [-0.05, 0) is 32.1 Å². The molecule has 0 radical (unpaired) electrons. The minimum absolute atomic E-state index is 0.733. The third kappa shape index (κ3) is 1.96. The maximum atomic E-state index is 4.39. The molecule has 1 aromatic rings. The van der Waals surface area contributed by atoms with Crippen LogP contribution in [0.15, 0.2) is 12.4 Å². The quantitative estimate of drug-likeness (QED) is 0.738. The van der Waals surface area contributed by atoms with Crippen molar-refractivity contribution < 1.29 is 0 Å². The van der Waals surface area contributed by atoms with E-state index in [1.807, 2.05) is 0 Å². The molecule has 0 spiro atoms. The summed E-state index contributed by atoms with van der Waals surface area (Å²) in [7, 11) is 0. The van der Waals surface area contributed by atoms with Crippen molar-refractivity contribution in [3.63, 3.8) is 0 Å². The fourth-order valence-electron chi connectivity index (χ4n) is 2.26. The van der Waals surface area contributed by atoms with E-state index in [9.17, 15) is 0 Å². The second-order valence-corrected chi connectivity index (χ2v) is 4.62. The Balaban J connectivity index is 1.80. The monoisotopic (exact) mass is 203 g/mol. The molecule has 0 bridgehead atoms. The lowest BCUT2D eigenvalue weighted by molar-refractivity contribution is 0.572. The van der Waals surface area contributed by atoms with Gasteiger partial charge in [-0.2, -0.15) is 0 Å². The van der Waals surface area contributed by atoms with Gasteiger partial charge in [0, 0.05) is 30.8 Å². The third-order valence-electron chi connectivity index (χ3n) is 3.35. The van der Waals surface area contributed by atoms with E-state index in [-0.39, 0.29) is 0 Å². The third-order valence-corrected chi connectivity index (χ3v) is 3.35. The lowest BCUT2D eigenvalue weighted by atomic mass is 10.1. The Bertz CT molecular complexity index is 340. The number of rotatable bonds is 2. The summed E-state index contributed by atoms with van der Waals surface area (Å²) in [6.45, 7) is 2.34. The Kier molecular flexibility index (Phi) is 2.31. The lowest BCUT2D eigenvalue weighted by Gasteiger charge is -2.27. The van der Waals surface area contributed by atoms with E-state index < -0.39 is 0 Å². The molecule has 1 saturated carbocycles. The number of hydrogen-bond donors (Lipinski definition) is 0. The molecule has 0 N–H and O–H groups in total. The summed E-state index contributed by atoms with van der Waals surface area (Å²) < 4.78 is 0. The van der Waals surface area contributed by atoms with Crippen LogP contribution in [0, 0.1) is 0 Å². The molecule has 2 aliphatic rings. The van der Waals surface area contributed by atoms with E-state index in [1.54, 1.807) is 6.33 Å². The summed E-state index contributed by atoms with van der Waals surface area (Å²) in [6, 6.07) is 2.20. The van der Waals surface area contributed by atoms with Crippen LogP contribution in [0.5, 0.6) is 0 Å². The van der Waals surface area contributed by atoms with E-state index in [4.69, 9.17) is 0 Å². The van der Waals surface area contributed by atoms with Gasteiger partial charge in [0.1, 0.15) is 12.1 Å². The van der Waals surface area contributed by atoms with Crippen LogP contribution in [0.25, 0.3) is 0 Å². The summed E-state index contributed by atoms with van der Waals surface area (Å²) in [5.41, 5.74) is 1.26. The Morgan fingerprint density at radius 2 is 1.87 bits per heavy atom. The molecule has 1 aliphatic carbocycles. The van der Waals surface area contributed by atoms with Crippen LogP contribution in [0.2, 0.25) is 0 Å². The molecule has 3 nitrogen and oxygen atoms in total. The Hall–Kier alpha value is -1.12. The zero-order valence-electron chi connectivity index (χ0n) is 9.02. The first-order valence-corrected chi connectivity index (χ1v) is 6.00. The topological polar surface area (TPSA) is 29.0 Å². The van der Waals surface area contributed by atoms with Crippen molar-refractivity contribution in [2.45, 2.75) is 38.0 Å². The van der Waals surface area contributed by atoms with Gasteiger partial charge in [0.05, 0.1) is 0 Å². The van der Waals surface area contributed by atoms with Crippen LogP contribution in [0.1, 0.15) is 43.7 Å². The number of anilines is 1. The zero-order valence-corrected chi connectivity index (χ0v) is 9.02. The van der Waals surface area contributed by atoms with Gasteiger partial charge in [0.15, 0.2) is 0 Å². The van der Waals surface area contributed by atoms with E-state index in [2.05, 4.69) is 20.9 Å². The van der Waals surface area contributed by atoms with Crippen molar-refractivity contribution in [2.75, 3.05) is 18.0 Å². The number of aromatic nitrogens is 2. The number of piperidine rings is 1. The number of hydrogen-bond acceptors (Lipinski definition) is 3. The molecule has 2 fully saturated rings. The molecule has 1 saturated heterocycles. The first-order valence-electron chi connectivity index (χ1n) is 6.00. The van der Waals surface area contributed by atoms with Crippen molar-refractivity contribution in [3.8, 4) is 0 Å². The summed E-state index contributed by atoms with van der Waals surface area (Å²) >= 11 is 0. The first-order chi connectivity index (χ1) is 7.43. The second kappa shape index (κ2) is 3.80.